The molecule has 134 valence electrons. The average molecular weight is 396 g/mol. The van der Waals surface area contributed by atoms with Gasteiger partial charge in [0.15, 0.2) is 11.6 Å². The van der Waals surface area contributed by atoms with Crippen LogP contribution in [0.4, 0.5) is 26.0 Å². The highest BCUT2D eigenvalue weighted by molar-refractivity contribution is 7.92. The highest BCUT2D eigenvalue weighted by atomic mass is 35.5. The fourth-order valence-corrected chi connectivity index (χ4v) is 3.69. The molecular weight excluding hydrogens is 384 g/mol. The number of nitrogens with one attached hydrogen (secondary N) is 2. The summed E-state index contributed by atoms with van der Waals surface area (Å²) in [4.78, 5) is 3.99. The summed E-state index contributed by atoms with van der Waals surface area (Å²) >= 11 is 5.91. The Kier molecular flexibility index (Phi) is 5.06. The molecule has 0 saturated carbocycles. The van der Waals surface area contributed by atoms with Crippen LogP contribution in [-0.4, -0.2) is 13.4 Å². The fraction of sp³-hybridized carbons (Fsp3) is 0. The molecule has 26 heavy (non-hydrogen) atoms. The van der Waals surface area contributed by atoms with Crippen LogP contribution in [0.5, 0.6) is 0 Å². The van der Waals surface area contributed by atoms with E-state index in [0.717, 1.165) is 12.1 Å². The summed E-state index contributed by atoms with van der Waals surface area (Å²) in [5.74, 6) is -1.61. The molecule has 2 aromatic carbocycles. The lowest BCUT2D eigenvalue weighted by Gasteiger charge is -2.10. The maximum absolute atomic E-state index is 13.2. The minimum Gasteiger partial charge on any atom is -0.340 e. The fourth-order valence-electron chi connectivity index (χ4n) is 2.12. The van der Waals surface area contributed by atoms with E-state index in [2.05, 4.69) is 15.0 Å². The van der Waals surface area contributed by atoms with Crippen molar-refractivity contribution in [2.45, 2.75) is 4.90 Å². The summed E-state index contributed by atoms with van der Waals surface area (Å²) in [5.41, 5.74) is 0.529. The summed E-state index contributed by atoms with van der Waals surface area (Å²) in [6.45, 7) is 0. The van der Waals surface area contributed by atoms with E-state index in [1.54, 1.807) is 12.1 Å². The van der Waals surface area contributed by atoms with Crippen LogP contribution in [0.15, 0.2) is 65.7 Å². The second-order valence-electron chi connectivity index (χ2n) is 5.22. The summed E-state index contributed by atoms with van der Waals surface area (Å²) in [6.07, 6.45) is 1.29. The lowest BCUT2D eigenvalue weighted by atomic mass is 10.3. The number of nitrogens with zero attached hydrogens (tertiary/aromatic N) is 1. The molecule has 0 aliphatic heterocycles. The van der Waals surface area contributed by atoms with E-state index in [4.69, 9.17) is 11.6 Å². The first-order valence-corrected chi connectivity index (χ1v) is 9.17. The monoisotopic (exact) mass is 395 g/mol. The predicted molar refractivity (Wildman–Crippen MR) is 96.1 cm³/mol. The van der Waals surface area contributed by atoms with Gasteiger partial charge in [0.2, 0.25) is 0 Å². The Hall–Kier alpha value is -2.71. The van der Waals surface area contributed by atoms with Gasteiger partial charge >= 0.3 is 0 Å². The number of pyridine rings is 1. The number of halogens is 3. The van der Waals surface area contributed by atoms with Gasteiger partial charge in [0.1, 0.15) is 10.7 Å². The third-order valence-corrected chi connectivity index (χ3v) is 5.21. The van der Waals surface area contributed by atoms with Crippen molar-refractivity contribution in [1.82, 2.24) is 4.98 Å². The molecule has 3 rings (SSSR count). The second-order valence-corrected chi connectivity index (χ2v) is 7.28. The Morgan fingerprint density at radius 1 is 0.923 bits per heavy atom. The van der Waals surface area contributed by atoms with E-state index in [0.29, 0.717) is 11.5 Å². The van der Waals surface area contributed by atoms with Crippen LogP contribution in [0.2, 0.25) is 5.02 Å². The predicted octanol–water partition coefficient (Wildman–Crippen LogP) is 4.56. The van der Waals surface area contributed by atoms with Crippen LogP contribution < -0.4 is 10.0 Å². The number of hydrogen-bond acceptors (Lipinski definition) is 4. The van der Waals surface area contributed by atoms with Gasteiger partial charge in [0.05, 0.1) is 16.9 Å². The molecule has 1 heterocycles. The van der Waals surface area contributed by atoms with E-state index in [1.807, 2.05) is 0 Å². The normalized spacial score (nSPS) is 11.2. The standard InChI is InChI=1S/C17H12ClF2N3O2S/c18-13-3-1-2-4-16(13)26(24,25)23-12-6-8-17(21-10-12)22-11-5-7-14(19)15(20)9-11/h1-10,23H,(H,21,22). The van der Waals surface area contributed by atoms with Crippen molar-refractivity contribution in [1.29, 1.82) is 0 Å². The smallest absolute Gasteiger partial charge is 0.263 e. The van der Waals surface area contributed by atoms with E-state index in [-0.39, 0.29) is 15.6 Å². The zero-order valence-corrected chi connectivity index (χ0v) is 14.7. The SMILES string of the molecule is O=S(=O)(Nc1ccc(Nc2ccc(F)c(F)c2)nc1)c1ccccc1Cl. The van der Waals surface area contributed by atoms with Crippen molar-refractivity contribution in [3.05, 3.63) is 77.5 Å². The Bertz CT molecular complexity index is 1040. The molecule has 0 bridgehead atoms. The first-order valence-electron chi connectivity index (χ1n) is 7.31. The van der Waals surface area contributed by atoms with E-state index < -0.39 is 21.7 Å². The number of benzene rings is 2. The first kappa shape index (κ1) is 18.1. The molecule has 5 nitrogen and oxygen atoms in total. The van der Waals surface area contributed by atoms with Crippen LogP contribution in [0.25, 0.3) is 0 Å². The van der Waals surface area contributed by atoms with Crippen molar-refractivity contribution >= 4 is 38.8 Å². The third-order valence-electron chi connectivity index (χ3n) is 3.33. The quantitative estimate of drug-likeness (QED) is 0.664. The second kappa shape index (κ2) is 7.27. The van der Waals surface area contributed by atoms with Gasteiger partial charge in [-0.25, -0.2) is 22.2 Å². The Balaban J connectivity index is 1.75. The van der Waals surface area contributed by atoms with Gasteiger partial charge in [-0.1, -0.05) is 23.7 Å². The molecule has 0 spiro atoms. The maximum atomic E-state index is 13.2. The number of anilines is 3. The molecule has 0 saturated heterocycles. The number of hydrogen-bond donors (Lipinski definition) is 2. The molecule has 0 aliphatic carbocycles. The lowest BCUT2D eigenvalue weighted by Crippen LogP contribution is -2.13. The van der Waals surface area contributed by atoms with Gasteiger partial charge in [0.25, 0.3) is 10.0 Å². The van der Waals surface area contributed by atoms with Crippen molar-refractivity contribution in [2.75, 3.05) is 10.0 Å². The van der Waals surface area contributed by atoms with E-state index >= 15 is 0 Å². The van der Waals surface area contributed by atoms with Gasteiger partial charge in [-0.15, -0.1) is 0 Å². The molecule has 0 aliphatic rings. The summed E-state index contributed by atoms with van der Waals surface area (Å²) in [6, 6.07) is 12.4. The maximum Gasteiger partial charge on any atom is 0.263 e. The van der Waals surface area contributed by atoms with Crippen molar-refractivity contribution < 1.29 is 17.2 Å². The Morgan fingerprint density at radius 2 is 1.65 bits per heavy atom. The lowest BCUT2D eigenvalue weighted by molar-refractivity contribution is 0.509. The minimum atomic E-state index is -3.86. The number of aromatic nitrogens is 1. The molecule has 0 radical (unpaired) electrons. The number of rotatable bonds is 5. The zero-order valence-electron chi connectivity index (χ0n) is 13.1. The van der Waals surface area contributed by atoms with Crippen LogP contribution in [0.1, 0.15) is 0 Å². The van der Waals surface area contributed by atoms with Crippen LogP contribution in [0.3, 0.4) is 0 Å². The molecule has 9 heteroatoms. The summed E-state index contributed by atoms with van der Waals surface area (Å²) < 4.78 is 53.2. The Morgan fingerprint density at radius 3 is 2.31 bits per heavy atom. The van der Waals surface area contributed by atoms with Gasteiger partial charge in [0, 0.05) is 11.8 Å². The van der Waals surface area contributed by atoms with Gasteiger partial charge in [-0.3, -0.25) is 4.72 Å². The molecular formula is C17H12ClF2N3O2S. The van der Waals surface area contributed by atoms with E-state index in [1.165, 1.54) is 36.5 Å². The average Bonchev–Trinajstić information content (AvgIpc) is 2.60. The summed E-state index contributed by atoms with van der Waals surface area (Å²) in [7, 11) is -3.86. The highest BCUT2D eigenvalue weighted by Crippen LogP contribution is 2.24. The largest absolute Gasteiger partial charge is 0.340 e. The first-order chi connectivity index (χ1) is 12.3. The molecule has 0 fully saturated rings. The molecule has 0 atom stereocenters. The minimum absolute atomic E-state index is 0.0503. The topological polar surface area (TPSA) is 71.1 Å². The highest BCUT2D eigenvalue weighted by Gasteiger charge is 2.17. The third kappa shape index (κ3) is 4.09. The summed E-state index contributed by atoms with van der Waals surface area (Å²) in [5, 5.41) is 2.89. The van der Waals surface area contributed by atoms with Gasteiger partial charge < -0.3 is 5.32 Å². The molecule has 0 unspecified atom stereocenters. The van der Waals surface area contributed by atoms with Crippen LogP contribution in [-0.2, 0) is 10.0 Å². The molecule has 1 aromatic heterocycles. The van der Waals surface area contributed by atoms with Crippen molar-refractivity contribution in [2.24, 2.45) is 0 Å². The molecule has 0 amide bonds. The van der Waals surface area contributed by atoms with Crippen molar-refractivity contribution in [3.63, 3.8) is 0 Å². The van der Waals surface area contributed by atoms with Crippen molar-refractivity contribution in [3.8, 4) is 0 Å². The van der Waals surface area contributed by atoms with Crippen LogP contribution >= 0.6 is 11.6 Å². The Labute approximate surface area is 153 Å². The molecule has 3 aromatic rings. The zero-order chi connectivity index (χ0) is 18.7. The van der Waals surface area contributed by atoms with E-state index in [9.17, 15) is 17.2 Å². The number of sulfonamides is 1. The van der Waals surface area contributed by atoms with Crippen LogP contribution in [0, 0.1) is 11.6 Å². The van der Waals surface area contributed by atoms with Gasteiger partial charge in [-0.2, -0.15) is 0 Å². The van der Waals surface area contributed by atoms with Gasteiger partial charge in [-0.05, 0) is 36.4 Å². The molecule has 2 N–H and O–H groups in total.